The molecule has 0 saturated carbocycles. The lowest BCUT2D eigenvalue weighted by Gasteiger charge is -2.37. The SMILES string of the molecule is C=CC(=O)N1CCC(NC(=O)c2sc3c(N)ccc4c3c2C(N)C(=O)C4(N)c2c(Cl)ccc3c2OCO3)C1. The molecule has 2 aliphatic heterocycles. The zero-order chi connectivity index (χ0) is 26.9. The highest BCUT2D eigenvalue weighted by molar-refractivity contribution is 7.21. The number of hydrogen-bond donors (Lipinski definition) is 4. The van der Waals surface area contributed by atoms with Crippen molar-refractivity contribution in [2.45, 2.75) is 24.0 Å². The van der Waals surface area contributed by atoms with E-state index in [1.54, 1.807) is 29.2 Å². The molecule has 196 valence electrons. The van der Waals surface area contributed by atoms with Crippen LogP contribution >= 0.6 is 22.9 Å². The number of anilines is 1. The number of likely N-dealkylation sites (tertiary alicyclic amines) is 1. The summed E-state index contributed by atoms with van der Waals surface area (Å²) in [7, 11) is 0. The lowest BCUT2D eigenvalue weighted by Crippen LogP contribution is -2.53. The number of nitrogens with zero attached hydrogens (tertiary/aromatic N) is 1. The molecule has 38 heavy (non-hydrogen) atoms. The first-order valence-electron chi connectivity index (χ1n) is 11.9. The number of thiophene rings is 1. The highest BCUT2D eigenvalue weighted by Crippen LogP contribution is 2.54. The molecule has 10 nitrogen and oxygen atoms in total. The first kappa shape index (κ1) is 24.7. The number of Topliss-reactive ketones (excluding diaryl/α,β-unsaturated/α-hetero) is 1. The number of ketones is 1. The van der Waals surface area contributed by atoms with Gasteiger partial charge < -0.3 is 36.9 Å². The molecule has 1 saturated heterocycles. The predicted octanol–water partition coefficient (Wildman–Crippen LogP) is 2.17. The van der Waals surface area contributed by atoms with Gasteiger partial charge >= 0.3 is 0 Å². The Labute approximate surface area is 226 Å². The van der Waals surface area contributed by atoms with Crippen molar-refractivity contribution in [2.24, 2.45) is 11.5 Å². The fourth-order valence-corrected chi connectivity index (χ4v) is 7.08. The quantitative estimate of drug-likeness (QED) is 0.282. The summed E-state index contributed by atoms with van der Waals surface area (Å²) in [4.78, 5) is 41.4. The molecule has 3 unspecified atom stereocenters. The van der Waals surface area contributed by atoms with E-state index in [9.17, 15) is 14.4 Å². The van der Waals surface area contributed by atoms with Crippen molar-refractivity contribution in [2.75, 3.05) is 25.6 Å². The molecule has 6 rings (SSSR count). The van der Waals surface area contributed by atoms with Crippen LogP contribution in [0.5, 0.6) is 11.5 Å². The van der Waals surface area contributed by atoms with Gasteiger partial charge in [-0.2, -0.15) is 0 Å². The summed E-state index contributed by atoms with van der Waals surface area (Å²) >= 11 is 7.76. The molecule has 3 aliphatic rings. The van der Waals surface area contributed by atoms with Crippen LogP contribution in [0, 0.1) is 0 Å². The molecule has 0 spiro atoms. The van der Waals surface area contributed by atoms with E-state index in [4.69, 9.17) is 38.3 Å². The molecule has 3 aromatic rings. The number of ether oxygens (including phenoxy) is 2. The van der Waals surface area contributed by atoms with Crippen molar-refractivity contribution in [1.29, 1.82) is 0 Å². The standard InChI is InChI=1S/C26H24ClN5O5S/c1-2-16(33)32-8-7-11(9-32)31-25(35)23-18-17-12(3-5-14(28)22(17)38-23)26(30,24(34)20(18)29)19-13(27)4-6-15-21(19)37-10-36-15/h2-6,11,20H,1,7-10,28-30H2,(H,31,35). The van der Waals surface area contributed by atoms with Crippen LogP contribution in [0.25, 0.3) is 10.1 Å². The summed E-state index contributed by atoms with van der Waals surface area (Å²) in [5.74, 6) is -0.435. The van der Waals surface area contributed by atoms with E-state index in [0.29, 0.717) is 52.2 Å². The third-order valence-electron chi connectivity index (χ3n) is 7.41. The number of halogens is 1. The van der Waals surface area contributed by atoms with Gasteiger partial charge in [-0.3, -0.25) is 14.4 Å². The Bertz CT molecular complexity index is 1570. The minimum Gasteiger partial charge on any atom is -0.454 e. The average molecular weight is 554 g/mol. The number of nitrogen functional groups attached to an aromatic ring is 1. The molecule has 7 N–H and O–H groups in total. The first-order valence-corrected chi connectivity index (χ1v) is 13.1. The minimum atomic E-state index is -1.78. The van der Waals surface area contributed by atoms with Crippen molar-refractivity contribution in [1.82, 2.24) is 10.2 Å². The zero-order valence-corrected chi connectivity index (χ0v) is 21.7. The maximum absolute atomic E-state index is 14.0. The number of nitrogens with two attached hydrogens (primary N) is 3. The lowest BCUT2D eigenvalue weighted by atomic mass is 9.70. The Kier molecular flexibility index (Phi) is 5.65. The van der Waals surface area contributed by atoms with E-state index >= 15 is 0 Å². The molecule has 3 heterocycles. The minimum absolute atomic E-state index is 0.0405. The van der Waals surface area contributed by atoms with Gasteiger partial charge in [0.25, 0.3) is 5.91 Å². The number of nitrogens with one attached hydrogen (secondary N) is 1. The lowest BCUT2D eigenvalue weighted by molar-refractivity contribution is -0.125. The Morgan fingerprint density at radius 3 is 2.82 bits per heavy atom. The molecule has 1 aliphatic carbocycles. The van der Waals surface area contributed by atoms with E-state index < -0.39 is 23.3 Å². The Hall–Kier alpha value is -3.64. The number of fused-ring (bicyclic) bond motifs is 1. The monoisotopic (exact) mass is 553 g/mol. The van der Waals surface area contributed by atoms with Gasteiger partial charge in [0, 0.05) is 41.3 Å². The molecule has 2 aromatic carbocycles. The van der Waals surface area contributed by atoms with Gasteiger partial charge in [-0.1, -0.05) is 24.2 Å². The highest BCUT2D eigenvalue weighted by Gasteiger charge is 2.52. The van der Waals surface area contributed by atoms with Gasteiger partial charge in [0.2, 0.25) is 12.7 Å². The topological polar surface area (TPSA) is 163 Å². The molecule has 0 bridgehead atoms. The molecule has 1 aromatic heterocycles. The Balaban J connectivity index is 1.48. The van der Waals surface area contributed by atoms with Crippen LogP contribution in [0.1, 0.15) is 38.8 Å². The maximum Gasteiger partial charge on any atom is 0.262 e. The number of amides is 2. The van der Waals surface area contributed by atoms with Crippen molar-refractivity contribution in [3.05, 3.63) is 63.5 Å². The average Bonchev–Trinajstić information content (AvgIpc) is 3.65. The first-order chi connectivity index (χ1) is 18.2. The highest BCUT2D eigenvalue weighted by atomic mass is 35.5. The largest absolute Gasteiger partial charge is 0.454 e. The van der Waals surface area contributed by atoms with E-state index in [1.807, 2.05) is 0 Å². The third-order valence-corrected chi connectivity index (χ3v) is 8.98. The fraction of sp³-hybridized carbons (Fsp3) is 0.269. The maximum atomic E-state index is 14.0. The summed E-state index contributed by atoms with van der Waals surface area (Å²) in [6.07, 6.45) is 1.84. The number of hydrogen-bond acceptors (Lipinski definition) is 9. The zero-order valence-electron chi connectivity index (χ0n) is 20.1. The van der Waals surface area contributed by atoms with E-state index in [0.717, 1.165) is 11.3 Å². The summed E-state index contributed by atoms with van der Waals surface area (Å²) in [5, 5.41) is 3.75. The van der Waals surface area contributed by atoms with Crippen LogP contribution in [0.3, 0.4) is 0 Å². The van der Waals surface area contributed by atoms with Gasteiger partial charge in [-0.25, -0.2) is 0 Å². The van der Waals surface area contributed by atoms with Crippen molar-refractivity contribution < 1.29 is 23.9 Å². The molecule has 12 heteroatoms. The number of rotatable bonds is 4. The second kappa shape index (κ2) is 8.70. The molecular formula is C26H24ClN5O5S. The Morgan fingerprint density at radius 2 is 2.05 bits per heavy atom. The normalized spacial score (nSPS) is 23.7. The molecule has 1 fully saturated rings. The summed E-state index contributed by atoms with van der Waals surface area (Å²) in [5.41, 5.74) is 19.5. The van der Waals surface area contributed by atoms with Gasteiger partial charge in [0.1, 0.15) is 5.54 Å². The van der Waals surface area contributed by atoms with E-state index in [-0.39, 0.29) is 40.0 Å². The van der Waals surface area contributed by atoms with Crippen molar-refractivity contribution >= 4 is 56.3 Å². The molecule has 0 radical (unpaired) electrons. The van der Waals surface area contributed by atoms with Crippen LogP contribution in [0.4, 0.5) is 5.69 Å². The van der Waals surface area contributed by atoms with Gasteiger partial charge in [0.15, 0.2) is 17.3 Å². The molecular weight excluding hydrogens is 530 g/mol. The van der Waals surface area contributed by atoms with Gasteiger partial charge in [0.05, 0.1) is 20.6 Å². The van der Waals surface area contributed by atoms with E-state index in [1.165, 1.54) is 6.08 Å². The van der Waals surface area contributed by atoms with Gasteiger partial charge in [-0.15, -0.1) is 11.3 Å². The molecule has 2 amide bonds. The summed E-state index contributed by atoms with van der Waals surface area (Å²) in [6, 6.07) is 5.06. The van der Waals surface area contributed by atoms with Crippen molar-refractivity contribution in [3.8, 4) is 11.5 Å². The third kappa shape index (κ3) is 3.36. The van der Waals surface area contributed by atoms with Crippen molar-refractivity contribution in [3.63, 3.8) is 0 Å². The summed E-state index contributed by atoms with van der Waals surface area (Å²) < 4.78 is 11.8. The van der Waals surface area contributed by atoms with Gasteiger partial charge in [-0.05, 0) is 36.3 Å². The van der Waals surface area contributed by atoms with E-state index in [2.05, 4.69) is 11.9 Å². The van der Waals surface area contributed by atoms with Crippen LogP contribution in [-0.4, -0.2) is 48.4 Å². The van der Waals surface area contributed by atoms with Crippen LogP contribution < -0.4 is 32.0 Å². The second-order valence-electron chi connectivity index (χ2n) is 9.50. The number of benzene rings is 2. The van der Waals surface area contributed by atoms with Crippen LogP contribution in [0.15, 0.2) is 36.9 Å². The Morgan fingerprint density at radius 1 is 1.26 bits per heavy atom. The van der Waals surface area contributed by atoms with Crippen LogP contribution in [-0.2, 0) is 15.1 Å². The fourth-order valence-electron chi connectivity index (χ4n) is 5.58. The number of carbonyl (C=O) groups is 3. The molecule has 3 atom stereocenters. The second-order valence-corrected chi connectivity index (χ2v) is 10.9. The predicted molar refractivity (Wildman–Crippen MR) is 143 cm³/mol. The summed E-state index contributed by atoms with van der Waals surface area (Å²) in [6.45, 7) is 4.34. The smallest absolute Gasteiger partial charge is 0.262 e. The number of carbonyl (C=O) groups excluding carboxylic acids is 3. The van der Waals surface area contributed by atoms with Crippen LogP contribution in [0.2, 0.25) is 5.02 Å².